The van der Waals surface area contributed by atoms with Gasteiger partial charge in [0.1, 0.15) is 16.9 Å². The van der Waals surface area contributed by atoms with Crippen LogP contribution in [0.25, 0.3) is 10.9 Å². The molecule has 3 rings (SSSR count). The van der Waals surface area contributed by atoms with Crippen molar-refractivity contribution in [1.29, 1.82) is 0 Å². The number of carbonyl (C=O) groups excluding carboxylic acids is 1. The lowest BCUT2D eigenvalue weighted by molar-refractivity contribution is 0.0527. The number of aromatic hydroxyl groups is 1. The molecule has 1 aromatic heterocycles. The Morgan fingerprint density at radius 2 is 1.94 bits per heavy atom. The maximum absolute atomic E-state index is 13.1. The van der Waals surface area contributed by atoms with Crippen molar-refractivity contribution in [3.63, 3.8) is 0 Å². The molecule has 180 valence electrons. The summed E-state index contributed by atoms with van der Waals surface area (Å²) in [6.07, 6.45) is 0. The zero-order valence-electron chi connectivity index (χ0n) is 19.4. The largest absolute Gasteiger partial charge is 0.506 e. The Morgan fingerprint density at radius 1 is 1.27 bits per heavy atom. The van der Waals surface area contributed by atoms with Gasteiger partial charge < -0.3 is 24.0 Å². The first kappa shape index (κ1) is 27.4. The Bertz CT molecular complexity index is 1110. The quantitative estimate of drug-likeness (QED) is 0.259. The van der Waals surface area contributed by atoms with E-state index in [1.807, 2.05) is 73.9 Å². The van der Waals surface area contributed by atoms with E-state index in [0.29, 0.717) is 27.9 Å². The fourth-order valence-electron chi connectivity index (χ4n) is 3.66. The maximum atomic E-state index is 13.1. The van der Waals surface area contributed by atoms with Gasteiger partial charge in [-0.1, -0.05) is 18.2 Å². The van der Waals surface area contributed by atoms with E-state index in [1.165, 1.54) is 0 Å². The molecule has 0 bridgehead atoms. The molecule has 0 fully saturated rings. The van der Waals surface area contributed by atoms with Crippen LogP contribution in [0.4, 0.5) is 0 Å². The number of thioether (sulfide) groups is 1. The minimum absolute atomic E-state index is 0. The van der Waals surface area contributed by atoms with Crippen molar-refractivity contribution in [2.24, 2.45) is 7.05 Å². The fourth-order valence-corrected chi connectivity index (χ4v) is 5.03. The van der Waals surface area contributed by atoms with Gasteiger partial charge in [-0.15, -0.1) is 24.2 Å². The minimum atomic E-state index is -0.382. The first-order chi connectivity index (χ1) is 15.2. The lowest BCUT2D eigenvalue weighted by atomic mass is 10.0. The Balaban J connectivity index is 0.00000385. The molecule has 1 N–H and O–H groups in total. The summed E-state index contributed by atoms with van der Waals surface area (Å²) in [4.78, 5) is 15.0. The Labute approximate surface area is 213 Å². The van der Waals surface area contributed by atoms with Crippen molar-refractivity contribution >= 4 is 57.0 Å². The van der Waals surface area contributed by atoms with Crippen molar-refractivity contribution < 1.29 is 19.4 Å². The molecule has 0 saturated carbocycles. The highest BCUT2D eigenvalue weighted by Gasteiger charge is 2.27. The monoisotopic (exact) mass is 556 g/mol. The van der Waals surface area contributed by atoms with Crippen LogP contribution in [-0.4, -0.2) is 46.7 Å². The van der Waals surface area contributed by atoms with Crippen LogP contribution in [0.5, 0.6) is 11.5 Å². The Morgan fingerprint density at radius 3 is 2.55 bits per heavy atom. The van der Waals surface area contributed by atoms with E-state index in [4.69, 9.17) is 9.47 Å². The molecule has 1 unspecified atom stereocenters. The van der Waals surface area contributed by atoms with Crippen LogP contribution in [0.15, 0.2) is 40.9 Å². The van der Waals surface area contributed by atoms with E-state index in [-0.39, 0.29) is 36.2 Å². The van der Waals surface area contributed by atoms with Crippen LogP contribution in [0, 0.1) is 0 Å². The summed E-state index contributed by atoms with van der Waals surface area (Å²) in [6, 6.07) is 11.5. The van der Waals surface area contributed by atoms with Crippen molar-refractivity contribution in [2.75, 3.05) is 20.7 Å². The highest BCUT2D eigenvalue weighted by atomic mass is 79.9. The number of esters is 1. The number of nitrogens with zero attached hydrogens (tertiary/aromatic N) is 2. The molecule has 0 aliphatic rings. The first-order valence-electron chi connectivity index (χ1n) is 10.4. The van der Waals surface area contributed by atoms with E-state index in [1.54, 1.807) is 18.7 Å². The van der Waals surface area contributed by atoms with Crippen molar-refractivity contribution in [2.45, 2.75) is 31.6 Å². The van der Waals surface area contributed by atoms with Gasteiger partial charge in [0.05, 0.1) is 22.2 Å². The van der Waals surface area contributed by atoms with Gasteiger partial charge in [-0.25, -0.2) is 4.79 Å². The van der Waals surface area contributed by atoms with Crippen LogP contribution >= 0.6 is 40.1 Å². The van der Waals surface area contributed by atoms with Gasteiger partial charge in [-0.3, -0.25) is 0 Å². The van der Waals surface area contributed by atoms with Crippen molar-refractivity contribution in [3.05, 3.63) is 57.7 Å². The third-order valence-electron chi connectivity index (χ3n) is 5.09. The van der Waals surface area contributed by atoms with Gasteiger partial charge in [0.2, 0.25) is 0 Å². The number of fused-ring (bicyclic) bond motifs is 1. The molecule has 3 aromatic rings. The summed E-state index contributed by atoms with van der Waals surface area (Å²) in [5.41, 5.74) is 2.78. The average molecular weight is 558 g/mol. The number of phenolic OH excluding ortho intramolecular Hbond substituents is 1. The number of aryl methyl sites for hydroxylation is 1. The number of benzene rings is 2. The highest BCUT2D eigenvalue weighted by Crippen LogP contribution is 2.40. The third-order valence-corrected chi connectivity index (χ3v) is 6.70. The van der Waals surface area contributed by atoms with Gasteiger partial charge in [-0.05, 0) is 62.1 Å². The van der Waals surface area contributed by atoms with E-state index in [0.717, 1.165) is 22.3 Å². The lowest BCUT2D eigenvalue weighted by Gasteiger charge is -2.15. The molecule has 1 heterocycles. The summed E-state index contributed by atoms with van der Waals surface area (Å²) < 4.78 is 14.0. The number of rotatable bonds is 9. The molecule has 2 aromatic carbocycles. The second kappa shape index (κ2) is 12.0. The van der Waals surface area contributed by atoms with Crippen LogP contribution in [0.1, 0.15) is 35.5 Å². The number of aromatic nitrogens is 1. The highest BCUT2D eigenvalue weighted by molar-refractivity contribution is 9.10. The van der Waals surface area contributed by atoms with Gasteiger partial charge in [0.15, 0.2) is 0 Å². The molecule has 33 heavy (non-hydrogen) atoms. The average Bonchev–Trinajstić information content (AvgIpc) is 3.02. The molecule has 0 spiro atoms. The predicted molar refractivity (Wildman–Crippen MR) is 141 cm³/mol. The van der Waals surface area contributed by atoms with Crippen molar-refractivity contribution in [1.82, 2.24) is 9.47 Å². The third kappa shape index (κ3) is 6.18. The number of phenols is 1. The number of carbonyl (C=O) groups is 1. The summed E-state index contributed by atoms with van der Waals surface area (Å²) >= 11 is 5.07. The molecule has 1 atom stereocenters. The summed E-state index contributed by atoms with van der Waals surface area (Å²) in [5, 5.41) is 11.5. The summed E-state index contributed by atoms with van der Waals surface area (Å²) in [7, 11) is 5.80. The van der Waals surface area contributed by atoms with E-state index in [9.17, 15) is 9.90 Å². The topological polar surface area (TPSA) is 63.9 Å². The minimum Gasteiger partial charge on any atom is -0.506 e. The van der Waals surface area contributed by atoms with Gasteiger partial charge in [0, 0.05) is 36.0 Å². The SMILES string of the molecule is CCOC(=O)c1c(CSC(C)Oc2ccccc2)n(C)c2cc(Br)c(O)c(CN(C)C)c12.Cl. The number of ether oxygens (including phenoxy) is 2. The molecule has 0 aliphatic heterocycles. The number of para-hydroxylation sites is 1. The molecule has 0 amide bonds. The van der Waals surface area contributed by atoms with Crippen LogP contribution in [-0.2, 0) is 24.1 Å². The van der Waals surface area contributed by atoms with Crippen LogP contribution < -0.4 is 4.74 Å². The predicted octanol–water partition coefficient (Wildman–Crippen LogP) is 5.96. The number of hydrogen-bond acceptors (Lipinski definition) is 6. The zero-order valence-corrected chi connectivity index (χ0v) is 22.6. The van der Waals surface area contributed by atoms with Crippen LogP contribution in [0.3, 0.4) is 0 Å². The number of halogens is 2. The first-order valence-corrected chi connectivity index (χ1v) is 12.3. The standard InChI is InChI=1S/C24H29BrN2O4S.ClH/c1-6-30-24(29)22-20(14-32-15(2)31-16-10-8-7-9-11-16)27(5)19-12-18(25)23(28)17(21(19)22)13-26(3)4;/h7-12,15,28H,6,13-14H2,1-5H3;1H. The van der Waals surface area contributed by atoms with Gasteiger partial charge in [0.25, 0.3) is 0 Å². The maximum Gasteiger partial charge on any atom is 0.340 e. The van der Waals surface area contributed by atoms with E-state index in [2.05, 4.69) is 15.9 Å². The lowest BCUT2D eigenvalue weighted by Crippen LogP contribution is -2.13. The zero-order chi connectivity index (χ0) is 23.4. The molecular formula is C24H30BrClN2O4S. The molecule has 0 saturated heterocycles. The number of hydrogen-bond donors (Lipinski definition) is 1. The smallest absolute Gasteiger partial charge is 0.340 e. The molecule has 9 heteroatoms. The molecular weight excluding hydrogens is 528 g/mol. The normalized spacial score (nSPS) is 12.0. The summed E-state index contributed by atoms with van der Waals surface area (Å²) in [6.45, 7) is 4.55. The second-order valence-electron chi connectivity index (χ2n) is 7.73. The van der Waals surface area contributed by atoms with Gasteiger partial charge in [-0.2, -0.15) is 0 Å². The second-order valence-corrected chi connectivity index (χ2v) is 9.87. The molecule has 0 aliphatic carbocycles. The molecule has 0 radical (unpaired) electrons. The van der Waals surface area contributed by atoms with E-state index < -0.39 is 0 Å². The van der Waals surface area contributed by atoms with E-state index >= 15 is 0 Å². The van der Waals surface area contributed by atoms with Crippen LogP contribution in [0.2, 0.25) is 0 Å². The fraction of sp³-hybridized carbons (Fsp3) is 0.375. The Kier molecular flexibility index (Phi) is 9.97. The molecule has 6 nitrogen and oxygen atoms in total. The van der Waals surface area contributed by atoms with Crippen molar-refractivity contribution in [3.8, 4) is 11.5 Å². The van der Waals surface area contributed by atoms with Gasteiger partial charge >= 0.3 is 5.97 Å². The summed E-state index contributed by atoms with van der Waals surface area (Å²) in [5.74, 6) is 1.11. The Hall–Kier alpha value is -1.87.